The second-order valence-electron chi connectivity index (χ2n) is 1.92. The Bertz CT molecular complexity index is 355. The van der Waals surface area contributed by atoms with Crippen molar-refractivity contribution in [3.8, 4) is 0 Å². The second-order valence-corrected chi connectivity index (χ2v) is 2.73. The van der Waals surface area contributed by atoms with E-state index < -0.39 is 0 Å². The third kappa shape index (κ3) is 0.657. The van der Waals surface area contributed by atoms with Gasteiger partial charge in [-0.2, -0.15) is 4.37 Å². The van der Waals surface area contributed by atoms with E-state index >= 15 is 0 Å². The minimum Gasteiger partial charge on any atom is -0.389 e. The molecule has 0 saturated carbocycles. The molecule has 4 heteroatoms. The van der Waals surface area contributed by atoms with Crippen LogP contribution in [0.3, 0.4) is 0 Å². The molecule has 0 aliphatic rings. The van der Waals surface area contributed by atoms with Crippen LogP contribution >= 0.6 is 11.5 Å². The molecule has 2 aromatic heterocycles. The van der Waals surface area contributed by atoms with E-state index in [-0.39, 0.29) is 0 Å². The fourth-order valence-corrected chi connectivity index (χ4v) is 1.39. The van der Waals surface area contributed by atoms with E-state index in [1.54, 1.807) is 6.20 Å². The van der Waals surface area contributed by atoms with Crippen molar-refractivity contribution < 1.29 is 0 Å². The van der Waals surface area contributed by atoms with Gasteiger partial charge in [-0.05, 0) is 23.7 Å². The lowest BCUT2D eigenvalue weighted by atomic mass is 10.3. The van der Waals surface area contributed by atoms with Crippen LogP contribution in [0, 0.1) is 0 Å². The predicted molar refractivity (Wildman–Crippen MR) is 41.8 cm³/mol. The fourth-order valence-electron chi connectivity index (χ4n) is 0.804. The number of nitrogens with two attached hydrogens (primary N) is 1. The predicted octanol–water partition coefficient (Wildman–Crippen LogP) is 1.27. The molecule has 2 heterocycles. The molecule has 0 amide bonds. The van der Waals surface area contributed by atoms with Gasteiger partial charge in [-0.3, -0.25) is 0 Å². The summed E-state index contributed by atoms with van der Waals surface area (Å²) < 4.78 is 4.02. The van der Waals surface area contributed by atoms with Crippen LogP contribution in [0.2, 0.25) is 0 Å². The maximum absolute atomic E-state index is 5.59. The quantitative estimate of drug-likeness (QED) is 0.617. The number of hydrogen-bond donors (Lipinski definition) is 1. The third-order valence-corrected chi connectivity index (χ3v) is 1.96. The highest BCUT2D eigenvalue weighted by molar-refractivity contribution is 7.11. The van der Waals surface area contributed by atoms with Crippen LogP contribution in [0.1, 0.15) is 0 Å². The molecular weight excluding hydrogens is 146 g/mol. The Hall–Kier alpha value is -1.16. The lowest BCUT2D eigenvalue weighted by Crippen LogP contribution is -1.78. The number of fused-ring (bicyclic) bond motifs is 1. The third-order valence-electron chi connectivity index (χ3n) is 1.28. The van der Waals surface area contributed by atoms with E-state index in [0.29, 0.717) is 0 Å². The maximum Gasteiger partial charge on any atom is 0.174 e. The normalized spacial score (nSPS) is 10.4. The molecular formula is C6H5N3S. The molecule has 0 saturated heterocycles. The first kappa shape index (κ1) is 5.61. The van der Waals surface area contributed by atoms with Gasteiger partial charge in [0.05, 0.1) is 5.39 Å². The molecule has 50 valence electrons. The van der Waals surface area contributed by atoms with Crippen LogP contribution in [-0.4, -0.2) is 9.36 Å². The summed E-state index contributed by atoms with van der Waals surface area (Å²) in [5.74, 6) is 0. The number of nitrogen functional groups attached to an aromatic ring is 1. The van der Waals surface area contributed by atoms with Crippen molar-refractivity contribution in [3.63, 3.8) is 0 Å². The van der Waals surface area contributed by atoms with Crippen molar-refractivity contribution >= 4 is 27.6 Å². The van der Waals surface area contributed by atoms with Gasteiger partial charge in [-0.25, -0.2) is 4.98 Å². The largest absolute Gasteiger partial charge is 0.389 e. The molecule has 0 spiro atoms. The monoisotopic (exact) mass is 151 g/mol. The summed E-state index contributed by atoms with van der Waals surface area (Å²) in [6.45, 7) is 0. The highest BCUT2D eigenvalue weighted by Crippen LogP contribution is 2.21. The molecule has 0 bridgehead atoms. The topological polar surface area (TPSA) is 51.8 Å². The van der Waals surface area contributed by atoms with E-state index in [0.717, 1.165) is 16.0 Å². The summed E-state index contributed by atoms with van der Waals surface area (Å²) in [4.78, 5) is 4.02. The number of pyridine rings is 1. The average molecular weight is 151 g/mol. The minimum atomic E-state index is 0.739. The molecule has 0 radical (unpaired) electrons. The molecule has 0 aromatic carbocycles. The standard InChI is InChI=1S/C6H5N3S/c7-5-4-2-1-3-8-6(4)9-10-5/h1-3H,7H2. The van der Waals surface area contributed by atoms with Crippen molar-refractivity contribution in [2.75, 3.05) is 5.73 Å². The molecule has 2 aromatic rings. The molecule has 0 aliphatic heterocycles. The zero-order valence-corrected chi connectivity index (χ0v) is 5.93. The van der Waals surface area contributed by atoms with Gasteiger partial charge in [-0.15, -0.1) is 0 Å². The highest BCUT2D eigenvalue weighted by atomic mass is 32.1. The van der Waals surface area contributed by atoms with Crippen LogP contribution in [0.25, 0.3) is 11.0 Å². The maximum atomic E-state index is 5.59. The lowest BCUT2D eigenvalue weighted by molar-refractivity contribution is 1.37. The number of nitrogens with zero attached hydrogens (tertiary/aromatic N) is 2. The van der Waals surface area contributed by atoms with Gasteiger partial charge >= 0.3 is 0 Å². The number of anilines is 1. The Morgan fingerprint density at radius 1 is 1.50 bits per heavy atom. The Labute approximate surface area is 61.7 Å². The number of hydrogen-bond acceptors (Lipinski definition) is 4. The van der Waals surface area contributed by atoms with Crippen molar-refractivity contribution in [2.45, 2.75) is 0 Å². The van der Waals surface area contributed by atoms with Crippen LogP contribution < -0.4 is 5.73 Å². The van der Waals surface area contributed by atoms with E-state index in [1.807, 2.05) is 12.1 Å². The molecule has 2 N–H and O–H groups in total. The SMILES string of the molecule is Nc1snc2ncccc12. The van der Waals surface area contributed by atoms with Gasteiger partial charge in [-0.1, -0.05) is 0 Å². The smallest absolute Gasteiger partial charge is 0.174 e. The molecule has 0 fully saturated rings. The summed E-state index contributed by atoms with van der Waals surface area (Å²) in [6, 6.07) is 3.77. The zero-order chi connectivity index (χ0) is 6.97. The van der Waals surface area contributed by atoms with E-state index in [4.69, 9.17) is 5.73 Å². The van der Waals surface area contributed by atoms with Crippen molar-refractivity contribution in [1.29, 1.82) is 0 Å². The van der Waals surface area contributed by atoms with Gasteiger partial charge in [0.25, 0.3) is 0 Å². The van der Waals surface area contributed by atoms with E-state index in [9.17, 15) is 0 Å². The highest BCUT2D eigenvalue weighted by Gasteiger charge is 1.99. The van der Waals surface area contributed by atoms with Crippen LogP contribution in [0.5, 0.6) is 0 Å². The van der Waals surface area contributed by atoms with Crippen molar-refractivity contribution in [3.05, 3.63) is 18.3 Å². The minimum absolute atomic E-state index is 0.739. The summed E-state index contributed by atoms with van der Waals surface area (Å²) in [7, 11) is 0. The van der Waals surface area contributed by atoms with Crippen LogP contribution in [0.15, 0.2) is 18.3 Å². The van der Waals surface area contributed by atoms with Crippen molar-refractivity contribution in [1.82, 2.24) is 9.36 Å². The Balaban J connectivity index is 2.93. The summed E-state index contributed by atoms with van der Waals surface area (Å²) in [5.41, 5.74) is 6.33. The zero-order valence-electron chi connectivity index (χ0n) is 5.11. The van der Waals surface area contributed by atoms with E-state index in [1.165, 1.54) is 11.5 Å². The van der Waals surface area contributed by atoms with Gasteiger partial charge in [0.15, 0.2) is 5.65 Å². The summed E-state index contributed by atoms with van der Waals surface area (Å²) in [6.07, 6.45) is 1.71. The van der Waals surface area contributed by atoms with E-state index in [2.05, 4.69) is 9.36 Å². The Morgan fingerprint density at radius 2 is 2.40 bits per heavy atom. The molecule has 2 rings (SSSR count). The first-order valence-electron chi connectivity index (χ1n) is 2.84. The Kier molecular flexibility index (Phi) is 1.07. The van der Waals surface area contributed by atoms with Gasteiger partial charge in [0.2, 0.25) is 0 Å². The number of rotatable bonds is 0. The number of aromatic nitrogens is 2. The average Bonchev–Trinajstić information content (AvgIpc) is 2.34. The first-order chi connectivity index (χ1) is 4.88. The summed E-state index contributed by atoms with van der Waals surface area (Å²) in [5, 5.41) is 1.69. The van der Waals surface area contributed by atoms with Gasteiger partial charge in [0, 0.05) is 6.20 Å². The van der Waals surface area contributed by atoms with Crippen LogP contribution in [0.4, 0.5) is 5.00 Å². The lowest BCUT2D eigenvalue weighted by Gasteiger charge is -1.84. The fraction of sp³-hybridized carbons (Fsp3) is 0. The van der Waals surface area contributed by atoms with Crippen LogP contribution in [-0.2, 0) is 0 Å². The molecule has 0 atom stereocenters. The van der Waals surface area contributed by atoms with Crippen molar-refractivity contribution in [2.24, 2.45) is 0 Å². The second kappa shape index (κ2) is 1.91. The van der Waals surface area contributed by atoms with Gasteiger partial charge in [0.1, 0.15) is 5.00 Å². The molecule has 0 unspecified atom stereocenters. The molecule has 10 heavy (non-hydrogen) atoms. The summed E-state index contributed by atoms with van der Waals surface area (Å²) >= 11 is 1.28. The Morgan fingerprint density at radius 3 is 3.20 bits per heavy atom. The van der Waals surface area contributed by atoms with Gasteiger partial charge < -0.3 is 5.73 Å². The molecule has 3 nitrogen and oxygen atoms in total. The molecule has 0 aliphatic carbocycles. The first-order valence-corrected chi connectivity index (χ1v) is 3.61.